The number of nitrogens with one attached hydrogen (secondary N) is 1. The summed E-state index contributed by atoms with van der Waals surface area (Å²) < 4.78 is 11.6. The van der Waals surface area contributed by atoms with Crippen LogP contribution in [0.4, 0.5) is 0 Å². The van der Waals surface area contributed by atoms with Crippen LogP contribution in [-0.4, -0.2) is 47.4 Å². The van der Waals surface area contributed by atoms with E-state index in [1.165, 1.54) is 11.6 Å². The van der Waals surface area contributed by atoms with Crippen molar-refractivity contribution in [1.82, 2.24) is 5.32 Å². The molecule has 212 valence electrons. The summed E-state index contributed by atoms with van der Waals surface area (Å²) in [5.41, 5.74) is 2.31. The number of rotatable bonds is 12. The van der Waals surface area contributed by atoms with Gasteiger partial charge in [0.2, 0.25) is 5.91 Å². The van der Waals surface area contributed by atoms with Gasteiger partial charge in [-0.2, -0.15) is 0 Å². The molecule has 2 aliphatic heterocycles. The topological polar surface area (TPSA) is 84.9 Å². The first-order valence-electron chi connectivity index (χ1n) is 13.9. The van der Waals surface area contributed by atoms with Gasteiger partial charge in [-0.15, -0.1) is 12.3 Å². The average Bonchev–Trinajstić information content (AvgIpc) is 2.88. The van der Waals surface area contributed by atoms with Gasteiger partial charge >= 0.3 is 5.97 Å². The Hall–Kier alpha value is -3.14. The van der Waals surface area contributed by atoms with Gasteiger partial charge in [0.15, 0.2) is 0 Å². The Morgan fingerprint density at radius 3 is 2.79 bits per heavy atom. The van der Waals surface area contributed by atoms with Crippen molar-refractivity contribution in [1.29, 1.82) is 0 Å². The fraction of sp³-hybridized carbons (Fsp3) is 0.515. The zero-order valence-corrected chi connectivity index (χ0v) is 24.0. The van der Waals surface area contributed by atoms with E-state index < -0.39 is 6.10 Å². The van der Waals surface area contributed by atoms with Crippen LogP contribution >= 0.6 is 0 Å². The van der Waals surface area contributed by atoms with Crippen LogP contribution in [-0.2, 0) is 19.1 Å². The third kappa shape index (κ3) is 11.6. The maximum absolute atomic E-state index is 12.5. The van der Waals surface area contributed by atoms with E-state index in [0.29, 0.717) is 25.2 Å². The minimum Gasteiger partial charge on any atom is -0.455 e. The van der Waals surface area contributed by atoms with Gasteiger partial charge in [-0.05, 0) is 39.2 Å². The second-order valence-electron chi connectivity index (χ2n) is 10.6. The van der Waals surface area contributed by atoms with Gasteiger partial charge < -0.3 is 19.9 Å². The second-order valence-corrected chi connectivity index (χ2v) is 10.6. The van der Waals surface area contributed by atoms with Gasteiger partial charge in [-0.1, -0.05) is 73.6 Å². The maximum Gasteiger partial charge on any atom is 0.331 e. The van der Waals surface area contributed by atoms with Gasteiger partial charge in [-0.3, -0.25) is 4.79 Å². The number of ether oxygens (including phenoxy) is 2. The lowest BCUT2D eigenvalue weighted by atomic mass is 9.87. The lowest BCUT2D eigenvalue weighted by Crippen LogP contribution is -2.51. The largest absolute Gasteiger partial charge is 0.455 e. The fourth-order valence-electron chi connectivity index (χ4n) is 4.79. The standard InChI is InChI=1S/C33H45NO5/c1-7-9-16-32(36)34-28(31-22-29(35)26(6)30(39-31)12-8-2)15-10-13-23(3)20-25(5)21-24(4)18-19-27-14-11-17-33(37)38-27/h1,8,10-13,15,17-19,21,25-31,35H,9,14,16,20,22H2,2-6H3,(H,34,36)/b12-8+,15-10+,19-18+,23-13+,24-21-/t25-,26+,27-,28?,29-,30?,31?/m1/s1. The number of allylic oxidation sites excluding steroid dienone is 7. The van der Waals surface area contributed by atoms with E-state index >= 15 is 0 Å². The molecule has 0 bridgehead atoms. The van der Waals surface area contributed by atoms with E-state index in [0.717, 1.165) is 12.0 Å². The van der Waals surface area contributed by atoms with Crippen LogP contribution in [0.25, 0.3) is 0 Å². The number of esters is 1. The molecule has 1 saturated heterocycles. The number of aliphatic hydroxyl groups excluding tert-OH is 1. The number of cyclic esters (lactones) is 1. The number of aliphatic hydroxyl groups is 1. The Labute approximate surface area is 234 Å². The van der Waals surface area contributed by atoms with Crippen molar-refractivity contribution < 1.29 is 24.2 Å². The van der Waals surface area contributed by atoms with Crippen molar-refractivity contribution in [2.45, 2.75) is 97.2 Å². The van der Waals surface area contributed by atoms with E-state index in [-0.39, 0.29) is 48.6 Å². The minimum atomic E-state index is -0.521. The zero-order chi connectivity index (χ0) is 28.8. The molecule has 0 aliphatic carbocycles. The van der Waals surface area contributed by atoms with Crippen molar-refractivity contribution in [3.63, 3.8) is 0 Å². The second kappa shape index (κ2) is 16.7. The number of terminal acetylenes is 1. The summed E-state index contributed by atoms with van der Waals surface area (Å²) in [5, 5.41) is 13.7. The molecule has 0 aromatic heterocycles. The highest BCUT2D eigenvalue weighted by atomic mass is 16.5. The van der Waals surface area contributed by atoms with E-state index in [1.807, 2.05) is 63.3 Å². The molecule has 7 atom stereocenters. The van der Waals surface area contributed by atoms with Gasteiger partial charge in [0.05, 0.1) is 24.4 Å². The Bertz CT molecular complexity index is 1040. The first-order valence-corrected chi connectivity index (χ1v) is 13.9. The van der Waals surface area contributed by atoms with Crippen LogP contribution in [0, 0.1) is 24.2 Å². The zero-order valence-electron chi connectivity index (χ0n) is 24.0. The van der Waals surface area contributed by atoms with E-state index in [1.54, 1.807) is 0 Å². The molecule has 2 rings (SSSR count). The Morgan fingerprint density at radius 1 is 1.33 bits per heavy atom. The van der Waals surface area contributed by atoms with E-state index in [4.69, 9.17) is 15.9 Å². The minimum absolute atomic E-state index is 0.0243. The van der Waals surface area contributed by atoms with Crippen LogP contribution in [0.5, 0.6) is 0 Å². The van der Waals surface area contributed by atoms with E-state index in [9.17, 15) is 14.7 Å². The average molecular weight is 536 g/mol. The summed E-state index contributed by atoms with van der Waals surface area (Å²) in [5.74, 6) is 2.36. The molecule has 0 saturated carbocycles. The highest BCUT2D eigenvalue weighted by molar-refractivity contribution is 5.83. The molecule has 0 aromatic rings. The molecule has 1 fully saturated rings. The summed E-state index contributed by atoms with van der Waals surface area (Å²) in [7, 11) is 0. The molecule has 2 aliphatic rings. The van der Waals surface area contributed by atoms with Gasteiger partial charge in [0.25, 0.3) is 0 Å². The number of carbonyl (C=O) groups excluding carboxylic acids is 2. The SMILES string of the molecule is C#CCCC(=O)NC(/C=C/C=C(\C)C[C@@H](C)/C=C(C)\C=C\[C@H]1CC=CC(=O)O1)C1C[C@@H](O)[C@H](C)C(/C=C/C)O1. The molecular weight excluding hydrogens is 490 g/mol. The summed E-state index contributed by atoms with van der Waals surface area (Å²) in [6.07, 6.45) is 25.9. The number of amides is 1. The van der Waals surface area contributed by atoms with Gasteiger partial charge in [0, 0.05) is 37.7 Å². The molecular formula is C33H45NO5. The highest BCUT2D eigenvalue weighted by Gasteiger charge is 2.37. The Balaban J connectivity index is 2.04. The molecule has 0 radical (unpaired) electrons. The summed E-state index contributed by atoms with van der Waals surface area (Å²) in [6.45, 7) is 10.2. The molecule has 39 heavy (non-hydrogen) atoms. The predicted octanol–water partition coefficient (Wildman–Crippen LogP) is 5.52. The van der Waals surface area contributed by atoms with Crippen molar-refractivity contribution >= 4 is 11.9 Å². The van der Waals surface area contributed by atoms with E-state index in [2.05, 4.69) is 37.2 Å². The van der Waals surface area contributed by atoms with Gasteiger partial charge in [0.1, 0.15) is 6.10 Å². The smallest absolute Gasteiger partial charge is 0.331 e. The van der Waals surface area contributed by atoms with Crippen LogP contribution < -0.4 is 5.32 Å². The molecule has 1 amide bonds. The molecule has 0 aromatic carbocycles. The summed E-state index contributed by atoms with van der Waals surface area (Å²) >= 11 is 0. The predicted molar refractivity (Wildman–Crippen MR) is 156 cm³/mol. The molecule has 0 spiro atoms. The normalized spacial score (nSPS) is 28.0. The van der Waals surface area contributed by atoms with Crippen LogP contribution in [0.1, 0.15) is 66.7 Å². The van der Waals surface area contributed by atoms with Crippen LogP contribution in [0.2, 0.25) is 0 Å². The Kier molecular flexibility index (Phi) is 13.8. The molecule has 6 heteroatoms. The highest BCUT2D eigenvalue weighted by Crippen LogP contribution is 2.28. The summed E-state index contributed by atoms with van der Waals surface area (Å²) in [6, 6.07) is -0.386. The molecule has 6 nitrogen and oxygen atoms in total. The van der Waals surface area contributed by atoms with Crippen LogP contribution in [0.3, 0.4) is 0 Å². The van der Waals surface area contributed by atoms with Gasteiger partial charge in [-0.25, -0.2) is 4.79 Å². The number of hydrogen-bond donors (Lipinski definition) is 2. The quantitative estimate of drug-likeness (QED) is 0.149. The van der Waals surface area contributed by atoms with Crippen LogP contribution in [0.15, 0.2) is 71.9 Å². The van der Waals surface area contributed by atoms with Crippen molar-refractivity contribution in [2.75, 3.05) is 0 Å². The Morgan fingerprint density at radius 2 is 2.10 bits per heavy atom. The third-order valence-electron chi connectivity index (χ3n) is 6.89. The summed E-state index contributed by atoms with van der Waals surface area (Å²) in [4.78, 5) is 23.9. The number of carbonyl (C=O) groups is 2. The first-order chi connectivity index (χ1) is 18.6. The first kappa shape index (κ1) is 32.1. The lowest BCUT2D eigenvalue weighted by molar-refractivity contribution is -0.141. The lowest BCUT2D eigenvalue weighted by Gasteiger charge is -2.39. The van der Waals surface area contributed by atoms with Crippen molar-refractivity contribution in [2.24, 2.45) is 11.8 Å². The maximum atomic E-state index is 12.5. The fourth-order valence-corrected chi connectivity index (χ4v) is 4.79. The monoisotopic (exact) mass is 535 g/mol. The molecule has 3 unspecified atom stereocenters. The molecule has 2 heterocycles. The van der Waals surface area contributed by atoms with Crippen molar-refractivity contribution in [3.8, 4) is 12.3 Å². The van der Waals surface area contributed by atoms with Crippen molar-refractivity contribution in [3.05, 3.63) is 71.9 Å². The molecule has 2 N–H and O–H groups in total. The third-order valence-corrected chi connectivity index (χ3v) is 6.89. The number of hydrogen-bond acceptors (Lipinski definition) is 5.